The molecule has 3 rings (SSSR count). The van der Waals surface area contributed by atoms with Gasteiger partial charge in [0, 0.05) is 31.8 Å². The minimum atomic E-state index is 0.0732. The molecule has 0 bridgehead atoms. The maximum absolute atomic E-state index is 5.57. The van der Waals surface area contributed by atoms with Crippen LogP contribution in [0.1, 0.15) is 50.3 Å². The Morgan fingerprint density at radius 3 is 2.85 bits per heavy atom. The lowest BCUT2D eigenvalue weighted by Gasteiger charge is -2.41. The van der Waals surface area contributed by atoms with Crippen molar-refractivity contribution in [2.75, 3.05) is 40.4 Å². The van der Waals surface area contributed by atoms with Gasteiger partial charge in [-0.2, -0.15) is 5.10 Å². The van der Waals surface area contributed by atoms with Crippen LogP contribution in [-0.2, 0) is 11.3 Å². The van der Waals surface area contributed by atoms with Gasteiger partial charge in [0.1, 0.15) is 11.6 Å². The van der Waals surface area contributed by atoms with Crippen molar-refractivity contribution in [2.45, 2.75) is 57.7 Å². The van der Waals surface area contributed by atoms with E-state index in [-0.39, 0.29) is 11.6 Å². The molecule has 0 radical (unpaired) electrons. The second kappa shape index (κ2) is 8.35. The average Bonchev–Trinajstić information content (AvgIpc) is 3.02. The van der Waals surface area contributed by atoms with E-state index in [1.54, 1.807) is 0 Å². The van der Waals surface area contributed by atoms with E-state index in [1.165, 1.54) is 0 Å². The number of likely N-dealkylation sites (N-methyl/N-ethyl adjacent to an activating group) is 1. The van der Waals surface area contributed by atoms with Crippen molar-refractivity contribution in [1.82, 2.24) is 30.3 Å². The molecule has 3 heterocycles. The van der Waals surface area contributed by atoms with E-state index in [1.807, 2.05) is 11.6 Å². The Hall–Kier alpha value is -1.67. The van der Waals surface area contributed by atoms with E-state index < -0.39 is 0 Å². The summed E-state index contributed by atoms with van der Waals surface area (Å²) in [5.74, 6) is 2.72. The number of hydrogen-bond donors (Lipinski definition) is 2. The van der Waals surface area contributed by atoms with Crippen LogP contribution in [0.2, 0.25) is 0 Å². The van der Waals surface area contributed by atoms with Crippen molar-refractivity contribution in [1.29, 1.82) is 0 Å². The molecule has 1 saturated heterocycles. The molecule has 0 amide bonds. The average molecular weight is 364 g/mol. The molecule has 2 aliphatic heterocycles. The normalized spacial score (nSPS) is 23.0. The van der Waals surface area contributed by atoms with E-state index in [2.05, 4.69) is 46.6 Å². The molecule has 0 saturated carbocycles. The second-order valence-corrected chi connectivity index (χ2v) is 7.51. The van der Waals surface area contributed by atoms with Crippen LogP contribution in [0, 0.1) is 6.92 Å². The standard InChI is InChI=1S/C18H33N7O/c1-5-19-17(20-13-18(24(3)4)8-11-26-12-9-18)22-15-7-6-10-25-16(15)21-14(2)23-25/h15H,5-13H2,1-4H3,(H2,19,20,22). The van der Waals surface area contributed by atoms with E-state index in [9.17, 15) is 0 Å². The SMILES string of the molecule is CCNC(=NCC1(N(C)C)CCOCC1)NC1CCCn2nc(C)nc21. The molecule has 1 fully saturated rings. The minimum Gasteiger partial charge on any atom is -0.381 e. The first-order chi connectivity index (χ1) is 12.5. The van der Waals surface area contributed by atoms with Gasteiger partial charge in [-0.15, -0.1) is 0 Å². The van der Waals surface area contributed by atoms with Crippen LogP contribution in [0.4, 0.5) is 0 Å². The highest BCUT2D eigenvalue weighted by atomic mass is 16.5. The number of aryl methyl sites for hydroxylation is 2. The van der Waals surface area contributed by atoms with Gasteiger partial charge in [-0.25, -0.2) is 9.67 Å². The van der Waals surface area contributed by atoms with Crippen LogP contribution in [0.15, 0.2) is 4.99 Å². The molecule has 1 atom stereocenters. The molecule has 0 aliphatic carbocycles. The second-order valence-electron chi connectivity index (χ2n) is 7.51. The zero-order valence-corrected chi connectivity index (χ0v) is 16.6. The third kappa shape index (κ3) is 4.17. The number of aliphatic imine (C=N–C) groups is 1. The quantitative estimate of drug-likeness (QED) is 0.602. The topological polar surface area (TPSA) is 79.6 Å². The first-order valence-electron chi connectivity index (χ1n) is 9.75. The first kappa shape index (κ1) is 19.1. The summed E-state index contributed by atoms with van der Waals surface area (Å²) in [5, 5.41) is 11.5. The number of ether oxygens (including phenoxy) is 1. The number of aromatic nitrogens is 3. The molecule has 8 nitrogen and oxygen atoms in total. The van der Waals surface area contributed by atoms with Gasteiger partial charge in [0.25, 0.3) is 0 Å². The number of guanidine groups is 1. The summed E-state index contributed by atoms with van der Waals surface area (Å²) >= 11 is 0. The molecule has 2 aliphatic rings. The summed E-state index contributed by atoms with van der Waals surface area (Å²) in [4.78, 5) is 11.9. The molecular weight excluding hydrogens is 330 g/mol. The molecular formula is C18H33N7O. The number of hydrogen-bond acceptors (Lipinski definition) is 5. The fraction of sp³-hybridized carbons (Fsp3) is 0.833. The third-order valence-corrected chi connectivity index (χ3v) is 5.54. The molecule has 0 spiro atoms. The fourth-order valence-electron chi connectivity index (χ4n) is 3.81. The lowest BCUT2D eigenvalue weighted by molar-refractivity contribution is -0.00255. The van der Waals surface area contributed by atoms with Gasteiger partial charge in [-0.3, -0.25) is 4.99 Å². The Bertz CT molecular complexity index is 619. The van der Waals surface area contributed by atoms with E-state index in [0.29, 0.717) is 0 Å². The van der Waals surface area contributed by atoms with Gasteiger partial charge in [-0.05, 0) is 53.6 Å². The smallest absolute Gasteiger partial charge is 0.191 e. The largest absolute Gasteiger partial charge is 0.381 e. The number of rotatable bonds is 5. The van der Waals surface area contributed by atoms with Crippen molar-refractivity contribution in [3.8, 4) is 0 Å². The predicted molar refractivity (Wildman–Crippen MR) is 102 cm³/mol. The van der Waals surface area contributed by atoms with Crippen LogP contribution < -0.4 is 10.6 Å². The summed E-state index contributed by atoms with van der Waals surface area (Å²) < 4.78 is 7.60. The lowest BCUT2D eigenvalue weighted by atomic mass is 9.89. The van der Waals surface area contributed by atoms with Crippen molar-refractivity contribution < 1.29 is 4.74 Å². The van der Waals surface area contributed by atoms with Crippen molar-refractivity contribution in [3.63, 3.8) is 0 Å². The van der Waals surface area contributed by atoms with Crippen LogP contribution in [0.5, 0.6) is 0 Å². The molecule has 1 unspecified atom stereocenters. The Morgan fingerprint density at radius 1 is 1.38 bits per heavy atom. The van der Waals surface area contributed by atoms with E-state index in [4.69, 9.17) is 9.73 Å². The molecule has 146 valence electrons. The van der Waals surface area contributed by atoms with Gasteiger partial charge < -0.3 is 20.3 Å². The molecule has 0 aromatic carbocycles. The zero-order valence-electron chi connectivity index (χ0n) is 16.6. The molecule has 1 aromatic heterocycles. The predicted octanol–water partition coefficient (Wildman–Crippen LogP) is 1.09. The Morgan fingerprint density at radius 2 is 2.15 bits per heavy atom. The molecule has 8 heteroatoms. The zero-order chi connectivity index (χ0) is 18.6. The summed E-state index contributed by atoms with van der Waals surface area (Å²) in [6.07, 6.45) is 4.18. The van der Waals surface area contributed by atoms with Crippen molar-refractivity contribution in [3.05, 3.63) is 11.6 Å². The van der Waals surface area contributed by atoms with E-state index >= 15 is 0 Å². The number of nitrogens with zero attached hydrogens (tertiary/aromatic N) is 5. The summed E-state index contributed by atoms with van der Waals surface area (Å²) in [5.41, 5.74) is 0.0732. The molecule has 26 heavy (non-hydrogen) atoms. The first-order valence-corrected chi connectivity index (χ1v) is 9.75. The Kier molecular flexibility index (Phi) is 6.13. The highest BCUT2D eigenvalue weighted by Crippen LogP contribution is 2.27. The van der Waals surface area contributed by atoms with Crippen LogP contribution >= 0.6 is 0 Å². The molecule has 2 N–H and O–H groups in total. The van der Waals surface area contributed by atoms with E-state index in [0.717, 1.165) is 76.1 Å². The van der Waals surface area contributed by atoms with Crippen LogP contribution in [0.25, 0.3) is 0 Å². The van der Waals surface area contributed by atoms with Gasteiger partial charge in [0.15, 0.2) is 5.96 Å². The summed E-state index contributed by atoms with van der Waals surface area (Å²) in [6.45, 7) is 8.21. The number of fused-ring (bicyclic) bond motifs is 1. The van der Waals surface area contributed by atoms with Crippen molar-refractivity contribution >= 4 is 5.96 Å². The Balaban J connectivity index is 1.73. The fourth-order valence-corrected chi connectivity index (χ4v) is 3.81. The maximum Gasteiger partial charge on any atom is 0.191 e. The molecule has 1 aromatic rings. The summed E-state index contributed by atoms with van der Waals surface area (Å²) in [7, 11) is 4.29. The maximum atomic E-state index is 5.57. The monoisotopic (exact) mass is 363 g/mol. The van der Waals surface area contributed by atoms with Crippen molar-refractivity contribution in [2.24, 2.45) is 4.99 Å². The highest BCUT2D eigenvalue weighted by Gasteiger charge is 2.35. The Labute approximate surface area is 156 Å². The lowest BCUT2D eigenvalue weighted by Crippen LogP contribution is -2.52. The van der Waals surface area contributed by atoms with Crippen LogP contribution in [0.3, 0.4) is 0 Å². The van der Waals surface area contributed by atoms with Gasteiger partial charge in [-0.1, -0.05) is 0 Å². The van der Waals surface area contributed by atoms with Gasteiger partial charge >= 0.3 is 0 Å². The van der Waals surface area contributed by atoms with Gasteiger partial charge in [0.05, 0.1) is 12.6 Å². The minimum absolute atomic E-state index is 0.0732. The number of nitrogens with one attached hydrogen (secondary N) is 2. The summed E-state index contributed by atoms with van der Waals surface area (Å²) in [6, 6.07) is 0.160. The van der Waals surface area contributed by atoms with Gasteiger partial charge in [0.2, 0.25) is 0 Å². The van der Waals surface area contributed by atoms with Crippen LogP contribution in [-0.4, -0.2) is 71.6 Å². The highest BCUT2D eigenvalue weighted by molar-refractivity contribution is 5.80. The third-order valence-electron chi connectivity index (χ3n) is 5.54.